The zero-order chi connectivity index (χ0) is 57.0. The Hall–Kier alpha value is -2.32. The van der Waals surface area contributed by atoms with Crippen molar-refractivity contribution < 1.29 is 32.9 Å². The first-order chi connectivity index (χ1) is 38.0. The number of hydrogen-bond donors (Lipinski definition) is 3. The largest absolute Gasteiger partial charge is 0.472 e. The fourth-order valence-corrected chi connectivity index (χ4v) is 10.3. The third-order valence-corrected chi connectivity index (χ3v) is 15.6. The highest BCUT2D eigenvalue weighted by Crippen LogP contribution is 2.43. The molecular formula is C69H128N2O6P+. The van der Waals surface area contributed by atoms with Crippen molar-refractivity contribution in [2.75, 3.05) is 40.9 Å². The van der Waals surface area contributed by atoms with Gasteiger partial charge in [0, 0.05) is 6.42 Å². The summed E-state index contributed by atoms with van der Waals surface area (Å²) in [5.41, 5.74) is 0. The van der Waals surface area contributed by atoms with Crippen LogP contribution >= 0.6 is 7.82 Å². The van der Waals surface area contributed by atoms with E-state index in [0.29, 0.717) is 23.9 Å². The molecule has 0 aliphatic rings. The highest BCUT2D eigenvalue weighted by Gasteiger charge is 2.28. The number of carbonyl (C=O) groups excluding carboxylic acids is 1. The van der Waals surface area contributed by atoms with Crippen molar-refractivity contribution in [3.63, 3.8) is 0 Å². The summed E-state index contributed by atoms with van der Waals surface area (Å²) in [6, 6.07) is -0.762. The second-order valence-electron chi connectivity index (χ2n) is 23.5. The van der Waals surface area contributed by atoms with Gasteiger partial charge in [-0.05, 0) is 70.6 Å². The summed E-state index contributed by atoms with van der Waals surface area (Å²) < 4.78 is 23.8. The Morgan fingerprint density at radius 3 is 1.13 bits per heavy atom. The minimum atomic E-state index is -4.32. The van der Waals surface area contributed by atoms with Crippen LogP contribution in [0.4, 0.5) is 0 Å². The molecule has 0 rings (SSSR count). The van der Waals surface area contributed by atoms with Crippen LogP contribution in [0.1, 0.15) is 296 Å². The molecule has 3 N–H and O–H groups in total. The summed E-state index contributed by atoms with van der Waals surface area (Å²) in [7, 11) is 1.62. The minimum absolute atomic E-state index is 0.0743. The van der Waals surface area contributed by atoms with E-state index in [-0.39, 0.29) is 19.1 Å². The summed E-state index contributed by atoms with van der Waals surface area (Å²) in [5.74, 6) is -0.142. The topological polar surface area (TPSA) is 105 Å². The van der Waals surface area contributed by atoms with Gasteiger partial charge in [-0.1, -0.05) is 304 Å². The summed E-state index contributed by atoms with van der Waals surface area (Å²) >= 11 is 0. The summed E-state index contributed by atoms with van der Waals surface area (Å²) in [5, 5.41) is 14.1. The summed E-state index contributed by atoms with van der Waals surface area (Å²) in [6.45, 7) is 4.79. The molecule has 1 amide bonds. The molecule has 0 saturated heterocycles. The van der Waals surface area contributed by atoms with Gasteiger partial charge in [-0.25, -0.2) is 4.57 Å². The number of hydrogen-bond acceptors (Lipinski definition) is 5. The molecule has 8 nitrogen and oxygen atoms in total. The SMILES string of the molecule is CC/C=C\C/C=C\C/C=C\C/C=C\C/C=C\C/C=C\C/C=C\CCCCCCCCCCCCCCCCCCCCCC(=O)NC(COP(=O)(O)OCC[N+](C)(C)C)C(O)CCCCCCCCCCCCCCCCC. The van der Waals surface area contributed by atoms with Gasteiger partial charge in [0.2, 0.25) is 5.91 Å². The van der Waals surface area contributed by atoms with Gasteiger partial charge >= 0.3 is 7.82 Å². The molecule has 0 aromatic rings. The van der Waals surface area contributed by atoms with E-state index in [0.717, 1.165) is 83.5 Å². The lowest BCUT2D eigenvalue weighted by Gasteiger charge is -2.26. The van der Waals surface area contributed by atoms with Crippen LogP contribution in [0, 0.1) is 0 Å². The Kier molecular flexibility index (Phi) is 57.5. The van der Waals surface area contributed by atoms with Gasteiger partial charge in [-0.15, -0.1) is 0 Å². The highest BCUT2D eigenvalue weighted by molar-refractivity contribution is 7.47. The van der Waals surface area contributed by atoms with Gasteiger partial charge in [0.05, 0.1) is 39.9 Å². The molecule has 9 heteroatoms. The molecule has 0 aromatic heterocycles. The van der Waals surface area contributed by atoms with Crippen molar-refractivity contribution in [2.45, 2.75) is 309 Å². The molecule has 0 radical (unpaired) electrons. The number of phosphoric acid groups is 1. The first-order valence-corrected chi connectivity index (χ1v) is 34.4. The monoisotopic (exact) mass is 1110 g/mol. The molecule has 0 spiro atoms. The third-order valence-electron chi connectivity index (χ3n) is 14.7. The number of rotatable bonds is 60. The van der Waals surface area contributed by atoms with Gasteiger partial charge in [-0.2, -0.15) is 0 Å². The molecule has 0 fully saturated rings. The normalized spacial score (nSPS) is 14.3. The number of unbranched alkanes of at least 4 members (excludes halogenated alkanes) is 33. The van der Waals surface area contributed by atoms with E-state index in [1.807, 2.05) is 21.1 Å². The number of nitrogens with one attached hydrogen (secondary N) is 1. The van der Waals surface area contributed by atoms with Crippen LogP contribution in [0.5, 0.6) is 0 Å². The van der Waals surface area contributed by atoms with Crippen LogP contribution in [0.2, 0.25) is 0 Å². The van der Waals surface area contributed by atoms with E-state index in [1.165, 1.54) is 186 Å². The van der Waals surface area contributed by atoms with Gasteiger partial charge in [0.25, 0.3) is 0 Å². The van der Waals surface area contributed by atoms with E-state index in [1.54, 1.807) is 0 Å². The van der Waals surface area contributed by atoms with Gasteiger partial charge in [0.1, 0.15) is 13.2 Å². The standard InChI is InChI=1S/C69H127N2O6P/c1-6-8-10-12-14-16-18-20-22-23-24-25-26-27-28-29-30-31-32-33-34-35-36-37-38-39-40-41-42-43-44-45-46-47-49-51-53-55-57-59-61-63-69(73)70-67(66-77-78(74,75)76-65-64-71(3,4)5)68(72)62-60-58-56-54-52-50-48-21-19-17-15-13-11-9-7-2/h8,10,14,16,20,22,24-25,27-28,30-31,33-34,67-68,72H,6-7,9,11-13,15,17-19,21,23,26,29,32,35-66H2,1-5H3,(H-,70,73,74,75)/p+1/b10-8-,16-14-,22-20-,25-24-,28-27-,31-30-,34-33-. The van der Waals surface area contributed by atoms with Crippen LogP contribution in [0.25, 0.3) is 0 Å². The third kappa shape index (κ3) is 61.3. The van der Waals surface area contributed by atoms with Crippen molar-refractivity contribution in [1.82, 2.24) is 5.32 Å². The lowest BCUT2D eigenvalue weighted by molar-refractivity contribution is -0.870. The predicted octanol–water partition coefficient (Wildman–Crippen LogP) is 20.8. The van der Waals surface area contributed by atoms with E-state index in [9.17, 15) is 19.4 Å². The molecular weight excluding hydrogens is 984 g/mol. The number of amides is 1. The molecule has 78 heavy (non-hydrogen) atoms. The van der Waals surface area contributed by atoms with Crippen LogP contribution in [0.3, 0.4) is 0 Å². The number of phosphoric ester groups is 1. The van der Waals surface area contributed by atoms with Crippen molar-refractivity contribution >= 4 is 13.7 Å². The van der Waals surface area contributed by atoms with Crippen molar-refractivity contribution in [1.29, 1.82) is 0 Å². The fourth-order valence-electron chi connectivity index (χ4n) is 9.56. The maximum absolute atomic E-state index is 13.0. The summed E-state index contributed by atoms with van der Waals surface area (Å²) in [6.07, 6.45) is 83.9. The molecule has 3 atom stereocenters. The smallest absolute Gasteiger partial charge is 0.391 e. The fraction of sp³-hybridized carbons (Fsp3) is 0.783. The van der Waals surface area contributed by atoms with Gasteiger partial charge in [-0.3, -0.25) is 13.8 Å². The number of carbonyl (C=O) groups is 1. The average Bonchev–Trinajstić information content (AvgIpc) is 3.41. The lowest BCUT2D eigenvalue weighted by Crippen LogP contribution is -2.46. The van der Waals surface area contributed by atoms with Crippen molar-refractivity contribution in [3.05, 3.63) is 85.1 Å². The van der Waals surface area contributed by atoms with E-state index >= 15 is 0 Å². The Morgan fingerprint density at radius 2 is 0.769 bits per heavy atom. The number of likely N-dealkylation sites (N-methyl/N-ethyl adjacent to an activating group) is 1. The van der Waals surface area contributed by atoms with Gasteiger partial charge < -0.3 is 19.8 Å². The molecule has 0 saturated carbocycles. The predicted molar refractivity (Wildman–Crippen MR) is 341 cm³/mol. The molecule has 0 aliphatic carbocycles. The molecule has 3 unspecified atom stereocenters. The maximum atomic E-state index is 13.0. The number of quaternary nitrogens is 1. The first kappa shape index (κ1) is 75.7. The molecule has 454 valence electrons. The quantitative estimate of drug-likeness (QED) is 0.0243. The van der Waals surface area contributed by atoms with E-state index in [2.05, 4.69) is 104 Å². The van der Waals surface area contributed by atoms with E-state index in [4.69, 9.17) is 9.05 Å². The summed E-state index contributed by atoms with van der Waals surface area (Å²) in [4.78, 5) is 23.4. The highest BCUT2D eigenvalue weighted by atomic mass is 31.2. The Bertz CT molecular complexity index is 1550. The van der Waals surface area contributed by atoms with Crippen molar-refractivity contribution in [2.24, 2.45) is 0 Å². The Morgan fingerprint density at radius 1 is 0.449 bits per heavy atom. The van der Waals surface area contributed by atoms with Gasteiger partial charge in [0.15, 0.2) is 0 Å². The second-order valence-corrected chi connectivity index (χ2v) is 24.9. The van der Waals surface area contributed by atoms with Crippen LogP contribution in [0.15, 0.2) is 85.1 Å². The number of nitrogens with zero attached hydrogens (tertiary/aromatic N) is 1. The second kappa shape index (κ2) is 59.3. The van der Waals surface area contributed by atoms with Crippen LogP contribution in [-0.4, -0.2) is 73.4 Å². The minimum Gasteiger partial charge on any atom is -0.391 e. The lowest BCUT2D eigenvalue weighted by atomic mass is 10.0. The van der Waals surface area contributed by atoms with E-state index < -0.39 is 20.0 Å². The average molecular weight is 1110 g/mol. The van der Waals surface area contributed by atoms with Crippen LogP contribution < -0.4 is 5.32 Å². The zero-order valence-electron chi connectivity index (χ0n) is 51.9. The number of allylic oxidation sites excluding steroid dienone is 14. The molecule has 0 heterocycles. The van der Waals surface area contributed by atoms with Crippen molar-refractivity contribution in [3.8, 4) is 0 Å². The number of aliphatic hydroxyl groups excluding tert-OH is 1. The number of aliphatic hydroxyl groups is 1. The Balaban J connectivity index is 3.92. The van der Waals surface area contributed by atoms with Crippen LogP contribution in [-0.2, 0) is 18.4 Å². The Labute approximate surface area is 484 Å². The zero-order valence-corrected chi connectivity index (χ0v) is 52.8. The molecule has 0 aromatic carbocycles. The first-order valence-electron chi connectivity index (χ1n) is 33.0. The molecule has 0 aliphatic heterocycles. The maximum Gasteiger partial charge on any atom is 0.472 e. The molecule has 0 bridgehead atoms.